The van der Waals surface area contributed by atoms with Crippen LogP contribution in [0, 0.1) is 0 Å². The third kappa shape index (κ3) is 1.69. The van der Waals surface area contributed by atoms with E-state index in [0.717, 1.165) is 22.5 Å². The van der Waals surface area contributed by atoms with E-state index in [2.05, 4.69) is 27.6 Å². The number of rotatable bonds is 2. The molecular formula is C15H15N3. The summed E-state index contributed by atoms with van der Waals surface area (Å²) < 4.78 is 2.09. The Labute approximate surface area is 106 Å². The van der Waals surface area contributed by atoms with Gasteiger partial charge in [-0.1, -0.05) is 36.4 Å². The Hall–Kier alpha value is -2.13. The van der Waals surface area contributed by atoms with Gasteiger partial charge in [0.25, 0.3) is 0 Å². The van der Waals surface area contributed by atoms with Crippen LogP contribution in [0.15, 0.2) is 54.9 Å². The van der Waals surface area contributed by atoms with E-state index in [9.17, 15) is 0 Å². The molecule has 2 aromatic heterocycles. The van der Waals surface area contributed by atoms with Gasteiger partial charge in [0, 0.05) is 17.8 Å². The number of pyridine rings is 1. The zero-order valence-electron chi connectivity index (χ0n) is 10.2. The Morgan fingerprint density at radius 2 is 1.89 bits per heavy atom. The second kappa shape index (κ2) is 4.27. The molecule has 1 unspecified atom stereocenters. The Morgan fingerprint density at radius 3 is 2.61 bits per heavy atom. The summed E-state index contributed by atoms with van der Waals surface area (Å²) in [5.41, 5.74) is 9.29. The molecule has 0 spiro atoms. The van der Waals surface area contributed by atoms with Gasteiger partial charge >= 0.3 is 0 Å². The minimum absolute atomic E-state index is 0.00835. The van der Waals surface area contributed by atoms with Crippen molar-refractivity contribution in [2.24, 2.45) is 5.73 Å². The Kier molecular flexibility index (Phi) is 2.61. The highest BCUT2D eigenvalue weighted by atomic mass is 15.0. The van der Waals surface area contributed by atoms with Crippen LogP contribution in [0.1, 0.15) is 18.5 Å². The molecule has 0 saturated heterocycles. The lowest BCUT2D eigenvalue weighted by Gasteiger charge is -2.08. The smallest absolute Gasteiger partial charge is 0.144 e. The third-order valence-electron chi connectivity index (χ3n) is 3.13. The molecule has 18 heavy (non-hydrogen) atoms. The van der Waals surface area contributed by atoms with Gasteiger partial charge in [-0.25, -0.2) is 4.98 Å². The fourth-order valence-electron chi connectivity index (χ4n) is 2.23. The average Bonchev–Trinajstić information content (AvgIpc) is 2.83. The van der Waals surface area contributed by atoms with Gasteiger partial charge in [0.2, 0.25) is 0 Å². The molecule has 3 rings (SSSR count). The number of nitrogens with zero attached hydrogens (tertiary/aromatic N) is 2. The summed E-state index contributed by atoms with van der Waals surface area (Å²) in [4.78, 5) is 4.52. The predicted octanol–water partition coefficient (Wildman–Crippen LogP) is 3.02. The number of nitrogens with two attached hydrogens (primary N) is 1. The van der Waals surface area contributed by atoms with Crippen LogP contribution in [-0.2, 0) is 0 Å². The minimum Gasteiger partial charge on any atom is -0.324 e. The molecule has 3 heteroatoms. The van der Waals surface area contributed by atoms with Crippen LogP contribution in [0.2, 0.25) is 0 Å². The maximum absolute atomic E-state index is 5.99. The van der Waals surface area contributed by atoms with E-state index in [4.69, 9.17) is 5.73 Å². The fraction of sp³-hybridized carbons (Fsp3) is 0.133. The van der Waals surface area contributed by atoms with Crippen LogP contribution >= 0.6 is 0 Å². The highest BCUT2D eigenvalue weighted by Crippen LogP contribution is 2.23. The summed E-state index contributed by atoms with van der Waals surface area (Å²) in [6.45, 7) is 1.99. The molecule has 0 fully saturated rings. The monoisotopic (exact) mass is 237 g/mol. The number of hydrogen-bond donors (Lipinski definition) is 1. The number of aromatic nitrogens is 2. The zero-order valence-corrected chi connectivity index (χ0v) is 10.2. The Balaban J connectivity index is 2.25. The molecule has 3 nitrogen and oxygen atoms in total. The summed E-state index contributed by atoms with van der Waals surface area (Å²) >= 11 is 0. The first-order valence-electron chi connectivity index (χ1n) is 6.04. The van der Waals surface area contributed by atoms with Crippen molar-refractivity contribution in [2.45, 2.75) is 13.0 Å². The van der Waals surface area contributed by atoms with E-state index < -0.39 is 0 Å². The standard InChI is InChI=1S/C15H15N3/c1-11(16)13-8-5-9-18-14(13)10-17-15(18)12-6-3-2-4-7-12/h2-11H,16H2,1H3. The van der Waals surface area contributed by atoms with Crippen molar-refractivity contribution in [3.63, 3.8) is 0 Å². The topological polar surface area (TPSA) is 43.3 Å². The van der Waals surface area contributed by atoms with Crippen LogP contribution < -0.4 is 5.73 Å². The summed E-state index contributed by atoms with van der Waals surface area (Å²) in [6, 6.07) is 14.2. The molecule has 3 aromatic rings. The number of imidazole rings is 1. The van der Waals surface area contributed by atoms with Gasteiger partial charge in [-0.05, 0) is 18.6 Å². The second-order valence-electron chi connectivity index (χ2n) is 4.46. The highest BCUT2D eigenvalue weighted by molar-refractivity contribution is 5.65. The van der Waals surface area contributed by atoms with Gasteiger partial charge in [-0.3, -0.25) is 4.40 Å². The summed E-state index contributed by atoms with van der Waals surface area (Å²) in [7, 11) is 0. The van der Waals surface area contributed by atoms with Crippen LogP contribution in [0.25, 0.3) is 16.9 Å². The quantitative estimate of drug-likeness (QED) is 0.744. The van der Waals surface area contributed by atoms with E-state index in [1.165, 1.54) is 0 Å². The van der Waals surface area contributed by atoms with E-state index in [0.29, 0.717) is 0 Å². The molecular weight excluding hydrogens is 222 g/mol. The molecule has 0 bridgehead atoms. The molecule has 0 amide bonds. The minimum atomic E-state index is 0.00835. The van der Waals surface area contributed by atoms with Crippen LogP contribution in [0.3, 0.4) is 0 Å². The van der Waals surface area contributed by atoms with Crippen LogP contribution in [0.5, 0.6) is 0 Å². The second-order valence-corrected chi connectivity index (χ2v) is 4.46. The van der Waals surface area contributed by atoms with E-state index >= 15 is 0 Å². The number of benzene rings is 1. The van der Waals surface area contributed by atoms with Crippen LogP contribution in [-0.4, -0.2) is 9.38 Å². The molecule has 2 N–H and O–H groups in total. The first-order valence-corrected chi connectivity index (χ1v) is 6.04. The van der Waals surface area contributed by atoms with Gasteiger partial charge in [-0.15, -0.1) is 0 Å². The Bertz CT molecular complexity index is 669. The predicted molar refractivity (Wildman–Crippen MR) is 73.2 cm³/mol. The summed E-state index contributed by atoms with van der Waals surface area (Å²) in [5, 5.41) is 0. The van der Waals surface area contributed by atoms with Crippen molar-refractivity contribution in [3.05, 3.63) is 60.4 Å². The Morgan fingerprint density at radius 1 is 1.11 bits per heavy atom. The van der Waals surface area contributed by atoms with Gasteiger partial charge in [0.1, 0.15) is 5.82 Å². The maximum Gasteiger partial charge on any atom is 0.144 e. The fourth-order valence-corrected chi connectivity index (χ4v) is 2.23. The van der Waals surface area contributed by atoms with Crippen molar-refractivity contribution in [1.29, 1.82) is 0 Å². The lowest BCUT2D eigenvalue weighted by atomic mass is 10.1. The average molecular weight is 237 g/mol. The SMILES string of the molecule is CC(N)c1cccn2c(-c3ccccc3)ncc12. The lowest BCUT2D eigenvalue weighted by molar-refractivity contribution is 0.820. The highest BCUT2D eigenvalue weighted by Gasteiger charge is 2.10. The molecule has 0 aliphatic carbocycles. The van der Waals surface area contributed by atoms with Gasteiger partial charge in [-0.2, -0.15) is 0 Å². The van der Waals surface area contributed by atoms with Gasteiger partial charge in [0.05, 0.1) is 11.7 Å². The van der Waals surface area contributed by atoms with Crippen LogP contribution in [0.4, 0.5) is 0 Å². The molecule has 2 heterocycles. The van der Waals surface area contributed by atoms with Crippen molar-refractivity contribution in [3.8, 4) is 11.4 Å². The largest absolute Gasteiger partial charge is 0.324 e. The maximum atomic E-state index is 5.99. The molecule has 1 aromatic carbocycles. The summed E-state index contributed by atoms with van der Waals surface area (Å²) in [6.07, 6.45) is 3.91. The molecule has 90 valence electrons. The lowest BCUT2D eigenvalue weighted by Crippen LogP contribution is -2.06. The van der Waals surface area contributed by atoms with E-state index in [1.807, 2.05) is 43.6 Å². The van der Waals surface area contributed by atoms with Crippen molar-refractivity contribution >= 4 is 5.52 Å². The number of hydrogen-bond acceptors (Lipinski definition) is 2. The zero-order chi connectivity index (χ0) is 12.5. The number of fused-ring (bicyclic) bond motifs is 1. The van der Waals surface area contributed by atoms with Crippen molar-refractivity contribution in [2.75, 3.05) is 0 Å². The molecule has 1 atom stereocenters. The molecule has 0 radical (unpaired) electrons. The summed E-state index contributed by atoms with van der Waals surface area (Å²) in [5.74, 6) is 0.952. The third-order valence-corrected chi connectivity index (χ3v) is 3.13. The van der Waals surface area contributed by atoms with Gasteiger partial charge < -0.3 is 5.73 Å². The first kappa shape index (κ1) is 11.0. The van der Waals surface area contributed by atoms with Gasteiger partial charge in [0.15, 0.2) is 0 Å². The van der Waals surface area contributed by atoms with Crippen molar-refractivity contribution in [1.82, 2.24) is 9.38 Å². The molecule has 0 aliphatic heterocycles. The normalized spacial score (nSPS) is 12.8. The first-order chi connectivity index (χ1) is 8.77. The van der Waals surface area contributed by atoms with Crippen molar-refractivity contribution < 1.29 is 0 Å². The van der Waals surface area contributed by atoms with E-state index in [-0.39, 0.29) is 6.04 Å². The molecule has 0 saturated carbocycles. The van der Waals surface area contributed by atoms with E-state index in [1.54, 1.807) is 0 Å². The molecule has 0 aliphatic rings.